The minimum absolute atomic E-state index is 0.222. The molecule has 8 heteroatoms. The van der Waals surface area contributed by atoms with E-state index in [2.05, 4.69) is 5.32 Å². The minimum atomic E-state index is -4.22. The van der Waals surface area contributed by atoms with E-state index in [9.17, 15) is 22.0 Å². The van der Waals surface area contributed by atoms with E-state index < -0.39 is 37.2 Å². The average Bonchev–Trinajstić information content (AvgIpc) is 3.04. The second-order valence-electron chi connectivity index (χ2n) is 3.96. The van der Waals surface area contributed by atoms with Gasteiger partial charge in [0.25, 0.3) is 9.05 Å². The second kappa shape index (κ2) is 4.47. The Bertz CT molecular complexity index is 591. The molecule has 1 N–H and O–H groups in total. The number of amides is 1. The molecule has 0 atom stereocenters. The standard InChI is InChI=1S/C10H8ClF2NO3S/c11-18(16,17)6-3-7(12)9(8(13)4-6)14-10(15)5-1-2-5/h3-5H,1-2H2,(H,14,15). The molecule has 1 aliphatic carbocycles. The number of hydrogen-bond acceptors (Lipinski definition) is 3. The molecule has 98 valence electrons. The number of carbonyl (C=O) groups excluding carboxylic acids is 1. The first-order valence-electron chi connectivity index (χ1n) is 5.03. The molecule has 1 amide bonds. The highest BCUT2D eigenvalue weighted by molar-refractivity contribution is 8.13. The van der Waals surface area contributed by atoms with Crippen LogP contribution in [0.4, 0.5) is 14.5 Å². The third kappa shape index (κ3) is 2.78. The van der Waals surface area contributed by atoms with E-state index >= 15 is 0 Å². The molecular weight excluding hydrogens is 288 g/mol. The number of rotatable bonds is 3. The predicted molar refractivity (Wildman–Crippen MR) is 60.8 cm³/mol. The topological polar surface area (TPSA) is 63.2 Å². The third-order valence-electron chi connectivity index (χ3n) is 2.49. The second-order valence-corrected chi connectivity index (χ2v) is 6.53. The molecule has 0 radical (unpaired) electrons. The van der Waals surface area contributed by atoms with Crippen LogP contribution in [0, 0.1) is 17.6 Å². The fourth-order valence-electron chi connectivity index (χ4n) is 1.38. The lowest BCUT2D eigenvalue weighted by atomic mass is 10.2. The summed E-state index contributed by atoms with van der Waals surface area (Å²) >= 11 is 0. The van der Waals surface area contributed by atoms with Crippen LogP contribution in [0.3, 0.4) is 0 Å². The van der Waals surface area contributed by atoms with Crippen molar-refractivity contribution in [2.45, 2.75) is 17.7 Å². The molecule has 0 aromatic heterocycles. The summed E-state index contributed by atoms with van der Waals surface area (Å²) in [6.07, 6.45) is 1.37. The van der Waals surface area contributed by atoms with Crippen LogP contribution in [0.2, 0.25) is 0 Å². The fourth-order valence-corrected chi connectivity index (χ4v) is 2.14. The summed E-state index contributed by atoms with van der Waals surface area (Å²) < 4.78 is 48.9. The zero-order chi connectivity index (χ0) is 13.5. The third-order valence-corrected chi connectivity index (χ3v) is 3.83. The lowest BCUT2D eigenvalue weighted by Gasteiger charge is -2.08. The molecule has 18 heavy (non-hydrogen) atoms. The predicted octanol–water partition coefficient (Wildman–Crippen LogP) is 2.24. The van der Waals surface area contributed by atoms with Gasteiger partial charge < -0.3 is 5.32 Å². The maximum atomic E-state index is 13.5. The quantitative estimate of drug-likeness (QED) is 0.870. The Morgan fingerprint density at radius 1 is 1.28 bits per heavy atom. The van der Waals surface area contributed by atoms with Crippen LogP contribution in [-0.4, -0.2) is 14.3 Å². The van der Waals surface area contributed by atoms with E-state index in [-0.39, 0.29) is 5.92 Å². The first kappa shape index (κ1) is 13.2. The number of benzene rings is 1. The minimum Gasteiger partial charge on any atom is -0.321 e. The van der Waals surface area contributed by atoms with Gasteiger partial charge >= 0.3 is 0 Å². The number of anilines is 1. The normalized spacial score (nSPS) is 15.5. The van der Waals surface area contributed by atoms with Crippen molar-refractivity contribution in [2.24, 2.45) is 5.92 Å². The van der Waals surface area contributed by atoms with Gasteiger partial charge in [0.05, 0.1) is 4.90 Å². The summed E-state index contributed by atoms with van der Waals surface area (Å²) in [4.78, 5) is 10.7. The van der Waals surface area contributed by atoms with E-state index in [1.807, 2.05) is 0 Å². The molecule has 0 bridgehead atoms. The van der Waals surface area contributed by atoms with E-state index in [1.54, 1.807) is 0 Å². The Morgan fingerprint density at radius 2 is 1.78 bits per heavy atom. The Balaban J connectivity index is 2.34. The lowest BCUT2D eigenvalue weighted by molar-refractivity contribution is -0.117. The zero-order valence-electron chi connectivity index (χ0n) is 8.91. The monoisotopic (exact) mass is 295 g/mol. The van der Waals surface area contributed by atoms with Crippen molar-refractivity contribution in [2.75, 3.05) is 5.32 Å². The molecule has 1 aromatic carbocycles. The van der Waals surface area contributed by atoms with Crippen molar-refractivity contribution < 1.29 is 22.0 Å². The maximum Gasteiger partial charge on any atom is 0.261 e. The van der Waals surface area contributed by atoms with Gasteiger partial charge in [-0.3, -0.25) is 4.79 Å². The smallest absolute Gasteiger partial charge is 0.261 e. The molecule has 1 aromatic rings. The Kier molecular flexibility index (Phi) is 3.29. The number of carbonyl (C=O) groups is 1. The molecule has 0 unspecified atom stereocenters. The molecule has 0 spiro atoms. The van der Waals surface area contributed by atoms with Gasteiger partial charge in [0.2, 0.25) is 5.91 Å². The number of nitrogens with one attached hydrogen (secondary N) is 1. The Hall–Kier alpha value is -1.21. The van der Waals surface area contributed by atoms with Crippen LogP contribution in [-0.2, 0) is 13.8 Å². The Labute approximate surface area is 106 Å². The average molecular weight is 296 g/mol. The lowest BCUT2D eigenvalue weighted by Crippen LogP contribution is -2.16. The first-order valence-corrected chi connectivity index (χ1v) is 7.34. The molecule has 0 saturated heterocycles. The summed E-state index contributed by atoms with van der Waals surface area (Å²) in [5.41, 5.74) is -0.657. The van der Waals surface area contributed by atoms with Crippen LogP contribution >= 0.6 is 10.7 Å². The zero-order valence-corrected chi connectivity index (χ0v) is 10.5. The van der Waals surface area contributed by atoms with Gasteiger partial charge in [-0.2, -0.15) is 0 Å². The van der Waals surface area contributed by atoms with E-state index in [0.29, 0.717) is 25.0 Å². The summed E-state index contributed by atoms with van der Waals surface area (Å²) in [5, 5.41) is 2.09. The van der Waals surface area contributed by atoms with E-state index in [0.717, 1.165) is 0 Å². The van der Waals surface area contributed by atoms with E-state index in [1.165, 1.54) is 0 Å². The highest BCUT2D eigenvalue weighted by Gasteiger charge is 2.31. The van der Waals surface area contributed by atoms with Crippen molar-refractivity contribution >= 4 is 31.3 Å². The maximum absolute atomic E-state index is 13.5. The SMILES string of the molecule is O=C(Nc1c(F)cc(S(=O)(=O)Cl)cc1F)C1CC1. The van der Waals surface area contributed by atoms with Gasteiger partial charge in [-0.05, 0) is 25.0 Å². The molecule has 0 heterocycles. The highest BCUT2D eigenvalue weighted by Crippen LogP contribution is 2.32. The highest BCUT2D eigenvalue weighted by atomic mass is 35.7. The molecule has 4 nitrogen and oxygen atoms in total. The van der Waals surface area contributed by atoms with Crippen LogP contribution in [0.15, 0.2) is 17.0 Å². The first-order chi connectivity index (χ1) is 8.29. The number of halogens is 3. The summed E-state index contributed by atoms with van der Waals surface area (Å²) in [7, 11) is 0.755. The van der Waals surface area contributed by atoms with E-state index in [4.69, 9.17) is 10.7 Å². The van der Waals surface area contributed by atoms with Gasteiger partial charge in [-0.15, -0.1) is 0 Å². The summed E-state index contributed by atoms with van der Waals surface area (Å²) in [6.45, 7) is 0. The molecule has 0 aliphatic heterocycles. The largest absolute Gasteiger partial charge is 0.321 e. The molecule has 1 aliphatic rings. The van der Waals surface area contributed by atoms with Crippen molar-refractivity contribution in [3.63, 3.8) is 0 Å². The van der Waals surface area contributed by atoms with Gasteiger partial charge in [0, 0.05) is 16.6 Å². The van der Waals surface area contributed by atoms with Gasteiger partial charge in [0.15, 0.2) is 11.6 Å². The molecular formula is C10H8ClF2NO3S. The van der Waals surface area contributed by atoms with Crippen LogP contribution in [0.25, 0.3) is 0 Å². The van der Waals surface area contributed by atoms with Crippen molar-refractivity contribution in [3.8, 4) is 0 Å². The Morgan fingerprint density at radius 3 is 2.17 bits per heavy atom. The van der Waals surface area contributed by atoms with Crippen molar-refractivity contribution in [1.29, 1.82) is 0 Å². The van der Waals surface area contributed by atoms with Gasteiger partial charge in [0.1, 0.15) is 5.69 Å². The fraction of sp³-hybridized carbons (Fsp3) is 0.300. The van der Waals surface area contributed by atoms with Crippen molar-refractivity contribution in [1.82, 2.24) is 0 Å². The van der Waals surface area contributed by atoms with Crippen molar-refractivity contribution in [3.05, 3.63) is 23.8 Å². The van der Waals surface area contributed by atoms with Crippen LogP contribution in [0.5, 0.6) is 0 Å². The number of hydrogen-bond donors (Lipinski definition) is 1. The molecule has 2 rings (SSSR count). The summed E-state index contributed by atoms with van der Waals surface area (Å²) in [5.74, 6) is -3.05. The van der Waals surface area contributed by atoms with Crippen LogP contribution < -0.4 is 5.32 Å². The molecule has 1 fully saturated rings. The summed E-state index contributed by atoms with van der Waals surface area (Å²) in [6, 6.07) is 1.13. The van der Waals surface area contributed by atoms with Gasteiger partial charge in [-0.25, -0.2) is 17.2 Å². The van der Waals surface area contributed by atoms with Gasteiger partial charge in [-0.1, -0.05) is 0 Å². The van der Waals surface area contributed by atoms with Crippen LogP contribution in [0.1, 0.15) is 12.8 Å². The molecule has 1 saturated carbocycles.